The first-order valence-corrected chi connectivity index (χ1v) is 8.92. The Balaban J connectivity index is 1.99. The second kappa shape index (κ2) is 7.98. The van der Waals surface area contributed by atoms with Crippen LogP contribution in [0.15, 0.2) is 47.6 Å². The maximum Gasteiger partial charge on any atom is 0.354 e. The standard InChI is InChI=1S/C19H18Cl2N2O3/c1-3-26-19(24)16-11-18(12-4-7-14(25-2)8-5-12)23(22-16)17-9-6-13(20)10-15(17)21/h4-10,18H,3,11H2,1-2H3. The quantitative estimate of drug-likeness (QED) is 0.680. The number of hydrogen-bond acceptors (Lipinski definition) is 5. The number of methoxy groups -OCH3 is 1. The predicted molar refractivity (Wildman–Crippen MR) is 103 cm³/mol. The van der Waals surface area contributed by atoms with E-state index in [1.54, 1.807) is 37.2 Å². The molecule has 5 nitrogen and oxygen atoms in total. The molecular weight excluding hydrogens is 375 g/mol. The minimum Gasteiger partial charge on any atom is -0.497 e. The van der Waals surface area contributed by atoms with E-state index in [4.69, 9.17) is 32.7 Å². The van der Waals surface area contributed by atoms with Crippen molar-refractivity contribution in [2.75, 3.05) is 18.7 Å². The molecule has 1 atom stereocenters. The molecule has 0 amide bonds. The largest absolute Gasteiger partial charge is 0.497 e. The molecule has 136 valence electrons. The number of nitrogens with zero attached hydrogens (tertiary/aromatic N) is 2. The highest BCUT2D eigenvalue weighted by molar-refractivity contribution is 6.38. The molecule has 0 saturated carbocycles. The number of hydrogen-bond donors (Lipinski definition) is 0. The summed E-state index contributed by atoms with van der Waals surface area (Å²) in [5.74, 6) is 0.341. The van der Waals surface area contributed by atoms with Crippen LogP contribution in [0.2, 0.25) is 10.0 Å². The monoisotopic (exact) mass is 392 g/mol. The number of carbonyl (C=O) groups is 1. The van der Waals surface area contributed by atoms with Crippen molar-refractivity contribution < 1.29 is 14.3 Å². The van der Waals surface area contributed by atoms with Gasteiger partial charge in [0.2, 0.25) is 0 Å². The summed E-state index contributed by atoms with van der Waals surface area (Å²) in [6.45, 7) is 2.06. The Morgan fingerprint density at radius 2 is 1.96 bits per heavy atom. The molecule has 2 aromatic carbocycles. The molecule has 7 heteroatoms. The molecule has 0 bridgehead atoms. The van der Waals surface area contributed by atoms with Crippen LogP contribution < -0.4 is 9.75 Å². The summed E-state index contributed by atoms with van der Waals surface area (Å²) < 4.78 is 10.3. The van der Waals surface area contributed by atoms with Crippen LogP contribution in [0.1, 0.15) is 24.9 Å². The van der Waals surface area contributed by atoms with E-state index >= 15 is 0 Å². The van der Waals surface area contributed by atoms with Crippen molar-refractivity contribution in [3.8, 4) is 5.75 Å². The molecule has 0 N–H and O–H groups in total. The van der Waals surface area contributed by atoms with E-state index in [0.29, 0.717) is 34.5 Å². The fourth-order valence-electron chi connectivity index (χ4n) is 2.82. The lowest BCUT2D eigenvalue weighted by Crippen LogP contribution is -2.19. The first kappa shape index (κ1) is 18.5. The van der Waals surface area contributed by atoms with Crippen molar-refractivity contribution in [2.24, 2.45) is 5.10 Å². The Morgan fingerprint density at radius 3 is 2.58 bits per heavy atom. The maximum absolute atomic E-state index is 12.2. The number of hydrazone groups is 1. The zero-order chi connectivity index (χ0) is 18.7. The van der Waals surface area contributed by atoms with Crippen molar-refractivity contribution in [2.45, 2.75) is 19.4 Å². The van der Waals surface area contributed by atoms with Gasteiger partial charge in [-0.3, -0.25) is 5.01 Å². The number of halogens is 2. The summed E-state index contributed by atoms with van der Waals surface area (Å²) in [7, 11) is 1.62. The zero-order valence-corrected chi connectivity index (χ0v) is 15.9. The molecule has 0 aromatic heterocycles. The molecule has 0 radical (unpaired) electrons. The summed E-state index contributed by atoms with van der Waals surface area (Å²) in [6, 6.07) is 12.7. The highest BCUT2D eigenvalue weighted by Crippen LogP contribution is 2.40. The van der Waals surface area contributed by atoms with Gasteiger partial charge >= 0.3 is 5.97 Å². The van der Waals surface area contributed by atoms with Crippen LogP contribution in [0.4, 0.5) is 5.69 Å². The Hall–Kier alpha value is -2.24. The average Bonchev–Trinajstić information content (AvgIpc) is 3.07. The molecule has 1 aliphatic rings. The van der Waals surface area contributed by atoms with E-state index in [1.807, 2.05) is 24.3 Å². The third-order valence-electron chi connectivity index (χ3n) is 4.08. The maximum atomic E-state index is 12.2. The summed E-state index contributed by atoms with van der Waals surface area (Å²) >= 11 is 12.4. The van der Waals surface area contributed by atoms with E-state index in [2.05, 4.69) is 5.10 Å². The number of benzene rings is 2. The molecular formula is C19H18Cl2N2O3. The van der Waals surface area contributed by atoms with Crippen LogP contribution in [0, 0.1) is 0 Å². The Labute approximate surface area is 162 Å². The average molecular weight is 393 g/mol. The molecule has 26 heavy (non-hydrogen) atoms. The van der Waals surface area contributed by atoms with Gasteiger partial charge in [0, 0.05) is 11.4 Å². The fourth-order valence-corrected chi connectivity index (χ4v) is 3.32. The fraction of sp³-hybridized carbons (Fsp3) is 0.263. The molecule has 0 saturated heterocycles. The van der Waals surface area contributed by atoms with Crippen LogP contribution in [0.5, 0.6) is 5.75 Å². The van der Waals surface area contributed by atoms with E-state index < -0.39 is 5.97 Å². The van der Waals surface area contributed by atoms with Crippen LogP contribution in [0.3, 0.4) is 0 Å². The van der Waals surface area contributed by atoms with Crippen LogP contribution in [-0.2, 0) is 9.53 Å². The van der Waals surface area contributed by atoms with Crippen LogP contribution >= 0.6 is 23.2 Å². The highest BCUT2D eigenvalue weighted by atomic mass is 35.5. The van der Waals surface area contributed by atoms with Crippen molar-refractivity contribution in [3.63, 3.8) is 0 Å². The lowest BCUT2D eigenvalue weighted by Gasteiger charge is -2.25. The Morgan fingerprint density at radius 1 is 1.23 bits per heavy atom. The van der Waals surface area contributed by atoms with Crippen molar-refractivity contribution in [1.29, 1.82) is 0 Å². The Kier molecular flexibility index (Phi) is 5.69. The summed E-state index contributed by atoms with van der Waals surface area (Å²) in [5.41, 5.74) is 2.02. The number of carbonyl (C=O) groups excluding carboxylic acids is 1. The third kappa shape index (κ3) is 3.79. The van der Waals surface area contributed by atoms with Crippen molar-refractivity contribution in [1.82, 2.24) is 0 Å². The highest BCUT2D eigenvalue weighted by Gasteiger charge is 2.34. The normalized spacial score (nSPS) is 16.4. The van der Waals surface area contributed by atoms with Gasteiger partial charge in [-0.1, -0.05) is 35.3 Å². The lowest BCUT2D eigenvalue weighted by atomic mass is 10.0. The minimum atomic E-state index is -0.418. The van der Waals surface area contributed by atoms with Crippen molar-refractivity contribution in [3.05, 3.63) is 58.1 Å². The smallest absolute Gasteiger partial charge is 0.354 e. The SMILES string of the molecule is CCOC(=O)C1=NN(c2ccc(Cl)cc2Cl)C(c2ccc(OC)cc2)C1. The van der Waals surface area contributed by atoms with Crippen LogP contribution in [0.25, 0.3) is 0 Å². The van der Waals surface area contributed by atoms with Crippen molar-refractivity contribution >= 4 is 40.6 Å². The predicted octanol–water partition coefficient (Wildman–Crippen LogP) is 4.87. The van der Waals surface area contributed by atoms with E-state index in [-0.39, 0.29) is 6.04 Å². The molecule has 0 fully saturated rings. The van der Waals surface area contributed by atoms with Gasteiger partial charge in [0.05, 0.1) is 30.5 Å². The third-order valence-corrected chi connectivity index (χ3v) is 4.62. The van der Waals surface area contributed by atoms with Gasteiger partial charge in [0.15, 0.2) is 0 Å². The topological polar surface area (TPSA) is 51.1 Å². The molecule has 3 rings (SSSR count). The van der Waals surface area contributed by atoms with Gasteiger partial charge < -0.3 is 9.47 Å². The second-order valence-corrected chi connectivity index (χ2v) is 6.54. The minimum absolute atomic E-state index is 0.181. The lowest BCUT2D eigenvalue weighted by molar-refractivity contribution is -0.135. The zero-order valence-electron chi connectivity index (χ0n) is 14.4. The number of ether oxygens (including phenoxy) is 2. The Bertz CT molecular complexity index is 837. The van der Waals surface area contributed by atoms with E-state index in [1.165, 1.54) is 0 Å². The summed E-state index contributed by atoms with van der Waals surface area (Å²) in [5, 5.41) is 7.23. The van der Waals surface area contributed by atoms with Gasteiger partial charge in [-0.25, -0.2) is 4.79 Å². The number of rotatable bonds is 5. The first-order valence-electron chi connectivity index (χ1n) is 8.16. The van der Waals surface area contributed by atoms with Gasteiger partial charge in [0.1, 0.15) is 11.5 Å². The molecule has 1 heterocycles. The second-order valence-electron chi connectivity index (χ2n) is 5.70. The van der Waals surface area contributed by atoms with Gasteiger partial charge in [-0.2, -0.15) is 5.10 Å². The first-order chi connectivity index (χ1) is 12.5. The molecule has 0 spiro atoms. The summed E-state index contributed by atoms with van der Waals surface area (Å²) in [6.07, 6.45) is 0.421. The number of esters is 1. The van der Waals surface area contributed by atoms with Gasteiger partial charge in [-0.15, -0.1) is 0 Å². The van der Waals surface area contributed by atoms with E-state index in [0.717, 1.165) is 11.3 Å². The number of anilines is 1. The summed E-state index contributed by atoms with van der Waals surface area (Å²) in [4.78, 5) is 12.2. The van der Waals surface area contributed by atoms with Gasteiger partial charge in [-0.05, 0) is 42.8 Å². The molecule has 1 aliphatic heterocycles. The molecule has 0 aliphatic carbocycles. The van der Waals surface area contributed by atoms with Crippen LogP contribution in [-0.4, -0.2) is 25.4 Å². The molecule has 2 aromatic rings. The van der Waals surface area contributed by atoms with Gasteiger partial charge in [0.25, 0.3) is 0 Å². The molecule has 1 unspecified atom stereocenters. The van der Waals surface area contributed by atoms with E-state index in [9.17, 15) is 4.79 Å².